The zero-order valence-electron chi connectivity index (χ0n) is 15.3. The van der Waals surface area contributed by atoms with E-state index in [1.165, 1.54) is 36.1 Å². The highest BCUT2D eigenvalue weighted by atomic mass is 16.2. The van der Waals surface area contributed by atoms with E-state index in [0.29, 0.717) is 12.1 Å². The molecule has 2 aliphatic heterocycles. The van der Waals surface area contributed by atoms with Gasteiger partial charge in [0.25, 0.3) is 0 Å². The summed E-state index contributed by atoms with van der Waals surface area (Å²) in [6.45, 7) is 10.1. The van der Waals surface area contributed by atoms with E-state index >= 15 is 0 Å². The van der Waals surface area contributed by atoms with Crippen LogP contribution < -0.4 is 10.2 Å². The first-order valence-electron chi connectivity index (χ1n) is 9.36. The van der Waals surface area contributed by atoms with Crippen molar-refractivity contribution in [1.29, 1.82) is 0 Å². The van der Waals surface area contributed by atoms with Crippen LogP contribution in [-0.4, -0.2) is 49.1 Å². The molecular weight excluding hydrogens is 298 g/mol. The number of nitrogens with one attached hydrogen (secondary N) is 1. The molecule has 0 saturated carbocycles. The summed E-state index contributed by atoms with van der Waals surface area (Å²) >= 11 is 0. The monoisotopic (exact) mass is 329 g/mol. The van der Waals surface area contributed by atoms with Crippen molar-refractivity contribution in [2.75, 3.05) is 31.1 Å². The Morgan fingerprint density at radius 2 is 1.67 bits per heavy atom. The van der Waals surface area contributed by atoms with Gasteiger partial charge in [0, 0.05) is 50.9 Å². The molecule has 4 nitrogen and oxygen atoms in total. The normalized spacial score (nSPS) is 22.7. The molecule has 4 heteroatoms. The molecule has 2 fully saturated rings. The molecule has 1 N–H and O–H groups in total. The lowest BCUT2D eigenvalue weighted by Gasteiger charge is -2.39. The van der Waals surface area contributed by atoms with E-state index in [0.717, 1.165) is 32.6 Å². The van der Waals surface area contributed by atoms with Crippen molar-refractivity contribution < 1.29 is 4.79 Å². The van der Waals surface area contributed by atoms with Gasteiger partial charge in [-0.15, -0.1) is 0 Å². The molecule has 1 unspecified atom stereocenters. The van der Waals surface area contributed by atoms with Gasteiger partial charge in [0.1, 0.15) is 0 Å². The van der Waals surface area contributed by atoms with Crippen LogP contribution in [0.2, 0.25) is 0 Å². The van der Waals surface area contributed by atoms with Gasteiger partial charge in [0.15, 0.2) is 0 Å². The van der Waals surface area contributed by atoms with Crippen molar-refractivity contribution >= 4 is 11.6 Å². The fourth-order valence-electron chi connectivity index (χ4n) is 4.17. The molecule has 0 radical (unpaired) electrons. The Morgan fingerprint density at radius 1 is 1.00 bits per heavy atom. The lowest BCUT2D eigenvalue weighted by atomic mass is 9.99. The smallest absolute Gasteiger partial charge is 0.219 e. The Kier molecular flexibility index (Phi) is 5.44. The van der Waals surface area contributed by atoms with Gasteiger partial charge in [-0.2, -0.15) is 0 Å². The van der Waals surface area contributed by atoms with Gasteiger partial charge in [-0.3, -0.25) is 4.79 Å². The van der Waals surface area contributed by atoms with E-state index in [1.54, 1.807) is 6.92 Å². The molecule has 1 amide bonds. The largest absolute Gasteiger partial charge is 0.371 e. The number of nitrogens with zero attached hydrogens (tertiary/aromatic N) is 2. The summed E-state index contributed by atoms with van der Waals surface area (Å²) in [5.41, 5.74) is 4.06. The van der Waals surface area contributed by atoms with Gasteiger partial charge < -0.3 is 15.1 Å². The van der Waals surface area contributed by atoms with Crippen molar-refractivity contribution in [1.82, 2.24) is 10.2 Å². The lowest BCUT2D eigenvalue weighted by molar-refractivity contribution is -0.130. The van der Waals surface area contributed by atoms with Crippen LogP contribution in [0.25, 0.3) is 0 Å². The van der Waals surface area contributed by atoms with Gasteiger partial charge in [0.2, 0.25) is 5.91 Å². The Hall–Kier alpha value is -1.55. The van der Waals surface area contributed by atoms with Crippen molar-refractivity contribution in [2.45, 2.75) is 58.5 Å². The molecule has 1 atom stereocenters. The highest BCUT2D eigenvalue weighted by Crippen LogP contribution is 2.23. The van der Waals surface area contributed by atoms with Crippen LogP contribution in [0, 0.1) is 13.8 Å². The Balaban J connectivity index is 1.51. The van der Waals surface area contributed by atoms with Crippen LogP contribution in [0.3, 0.4) is 0 Å². The minimum atomic E-state index is 0.214. The summed E-state index contributed by atoms with van der Waals surface area (Å²) in [6, 6.07) is 7.89. The highest BCUT2D eigenvalue weighted by Gasteiger charge is 2.26. The zero-order valence-corrected chi connectivity index (χ0v) is 15.3. The molecule has 132 valence electrons. The molecule has 0 spiro atoms. The maximum atomic E-state index is 11.6. The van der Waals surface area contributed by atoms with E-state index in [-0.39, 0.29) is 5.91 Å². The van der Waals surface area contributed by atoms with Crippen LogP contribution in [0.5, 0.6) is 0 Å². The molecule has 1 aromatic rings. The molecule has 1 aromatic carbocycles. The number of benzene rings is 1. The average Bonchev–Trinajstić information content (AvgIpc) is 2.55. The molecule has 0 aliphatic carbocycles. The first-order valence-corrected chi connectivity index (χ1v) is 9.36. The number of piperidine rings is 2. The van der Waals surface area contributed by atoms with Crippen LogP contribution >= 0.6 is 0 Å². The summed E-state index contributed by atoms with van der Waals surface area (Å²) in [5.74, 6) is 0.214. The Labute approximate surface area is 146 Å². The first kappa shape index (κ1) is 17.3. The van der Waals surface area contributed by atoms with Crippen LogP contribution in [0.15, 0.2) is 18.2 Å². The second-order valence-corrected chi connectivity index (χ2v) is 7.58. The number of likely N-dealkylation sites (tertiary alicyclic amines) is 1. The number of hydrogen-bond donors (Lipinski definition) is 1. The first-order chi connectivity index (χ1) is 11.5. The summed E-state index contributed by atoms with van der Waals surface area (Å²) in [5, 5.41) is 3.82. The quantitative estimate of drug-likeness (QED) is 0.926. The molecule has 0 aromatic heterocycles. The van der Waals surface area contributed by atoms with Crippen LogP contribution in [0.1, 0.15) is 43.7 Å². The second kappa shape index (κ2) is 7.56. The molecular formula is C20H31N3O. The predicted molar refractivity (Wildman–Crippen MR) is 99.6 cm³/mol. The Morgan fingerprint density at radius 3 is 2.29 bits per heavy atom. The number of carbonyl (C=O) groups is 1. The fourth-order valence-corrected chi connectivity index (χ4v) is 4.17. The summed E-state index contributed by atoms with van der Waals surface area (Å²) in [7, 11) is 0. The van der Waals surface area contributed by atoms with E-state index in [4.69, 9.17) is 0 Å². The SMILES string of the molecule is CC(=O)N1CCCC(NC2CCN(c3cc(C)cc(C)c3)CC2)C1. The summed E-state index contributed by atoms with van der Waals surface area (Å²) < 4.78 is 0. The van der Waals surface area contributed by atoms with Crippen LogP contribution in [-0.2, 0) is 4.79 Å². The lowest BCUT2D eigenvalue weighted by Crippen LogP contribution is -2.52. The number of hydrogen-bond acceptors (Lipinski definition) is 3. The third kappa shape index (κ3) is 4.29. The topological polar surface area (TPSA) is 35.6 Å². The number of carbonyl (C=O) groups excluding carboxylic acids is 1. The third-order valence-electron chi connectivity index (χ3n) is 5.40. The molecule has 3 rings (SSSR count). The number of aryl methyl sites for hydroxylation is 2. The van der Waals surface area contributed by atoms with Crippen molar-refractivity contribution in [3.63, 3.8) is 0 Å². The van der Waals surface area contributed by atoms with E-state index in [2.05, 4.69) is 42.3 Å². The molecule has 24 heavy (non-hydrogen) atoms. The van der Waals surface area contributed by atoms with Gasteiger partial charge in [-0.1, -0.05) is 6.07 Å². The van der Waals surface area contributed by atoms with Crippen molar-refractivity contribution in [3.8, 4) is 0 Å². The van der Waals surface area contributed by atoms with E-state index < -0.39 is 0 Å². The fraction of sp³-hybridized carbons (Fsp3) is 0.650. The predicted octanol–water partition coefficient (Wildman–Crippen LogP) is 2.87. The second-order valence-electron chi connectivity index (χ2n) is 7.58. The van der Waals surface area contributed by atoms with Gasteiger partial charge in [-0.05, 0) is 62.8 Å². The maximum absolute atomic E-state index is 11.6. The average molecular weight is 329 g/mol. The maximum Gasteiger partial charge on any atom is 0.219 e. The van der Waals surface area contributed by atoms with Crippen molar-refractivity contribution in [2.24, 2.45) is 0 Å². The van der Waals surface area contributed by atoms with E-state index in [1.807, 2.05) is 4.90 Å². The van der Waals surface area contributed by atoms with Gasteiger partial charge in [-0.25, -0.2) is 0 Å². The number of amides is 1. The number of rotatable bonds is 3. The van der Waals surface area contributed by atoms with Crippen molar-refractivity contribution in [3.05, 3.63) is 29.3 Å². The molecule has 2 saturated heterocycles. The minimum Gasteiger partial charge on any atom is -0.371 e. The Bertz CT molecular complexity index is 558. The standard InChI is InChI=1S/C20H31N3O/c1-15-11-16(2)13-20(12-15)22-9-6-18(7-10-22)21-19-5-4-8-23(14-19)17(3)24/h11-13,18-19,21H,4-10,14H2,1-3H3. The summed E-state index contributed by atoms with van der Waals surface area (Å²) in [4.78, 5) is 16.1. The summed E-state index contributed by atoms with van der Waals surface area (Å²) in [6.07, 6.45) is 4.69. The van der Waals surface area contributed by atoms with Gasteiger partial charge in [0.05, 0.1) is 0 Å². The molecule has 2 heterocycles. The molecule has 0 bridgehead atoms. The van der Waals surface area contributed by atoms with Crippen LogP contribution in [0.4, 0.5) is 5.69 Å². The molecule has 2 aliphatic rings. The highest BCUT2D eigenvalue weighted by molar-refractivity contribution is 5.73. The van der Waals surface area contributed by atoms with E-state index in [9.17, 15) is 4.79 Å². The van der Waals surface area contributed by atoms with Gasteiger partial charge >= 0.3 is 0 Å². The third-order valence-corrected chi connectivity index (χ3v) is 5.40. The number of anilines is 1. The zero-order chi connectivity index (χ0) is 17.1. The minimum absolute atomic E-state index is 0.214.